The molecule has 2 aliphatic rings. The Labute approximate surface area is 189 Å². The van der Waals surface area contributed by atoms with Crippen LogP contribution < -0.4 is 4.74 Å². The maximum absolute atomic E-state index is 5.20. The SMILES string of the molecule is COc1[c-]c(C(C)=[C-][Si](C)(C)C)c(C)cc1.[CH]1[CH][CH][CH][CH]1.[CH]1[CH][CH][CH][CH]1.[Zr+2]. The zero-order valence-electron chi connectivity index (χ0n) is 17.3. The first-order chi connectivity index (χ1) is 12.3. The molecule has 2 saturated carbocycles. The second kappa shape index (κ2) is 14.8. The van der Waals surface area contributed by atoms with Crippen molar-refractivity contribution >= 4 is 13.6 Å². The molecule has 2 aliphatic carbocycles. The summed E-state index contributed by atoms with van der Waals surface area (Å²) in [6.07, 6.45) is 20.0. The summed E-state index contributed by atoms with van der Waals surface area (Å²) in [5, 5.41) is 0. The molecule has 1 aromatic carbocycles. The van der Waals surface area contributed by atoms with Crippen molar-refractivity contribution in [2.75, 3.05) is 7.11 Å². The average Bonchev–Trinajstić information content (AvgIpc) is 3.32. The van der Waals surface area contributed by atoms with E-state index in [4.69, 9.17) is 4.74 Å². The van der Waals surface area contributed by atoms with Gasteiger partial charge >= 0.3 is 26.2 Å². The molecule has 2 fully saturated rings. The molecule has 3 rings (SSSR count). The number of hydrogen-bond donors (Lipinski definition) is 0. The fourth-order valence-corrected chi connectivity index (χ4v) is 3.57. The summed E-state index contributed by atoms with van der Waals surface area (Å²) in [4.78, 5) is 0. The molecule has 0 heterocycles. The van der Waals surface area contributed by atoms with Crippen LogP contribution >= 0.6 is 0 Å². The molecule has 27 heavy (non-hydrogen) atoms. The zero-order valence-corrected chi connectivity index (χ0v) is 20.8. The van der Waals surface area contributed by atoms with Crippen molar-refractivity contribution in [2.45, 2.75) is 33.5 Å². The van der Waals surface area contributed by atoms with Crippen molar-refractivity contribution in [3.8, 4) is 5.75 Å². The second-order valence-corrected chi connectivity index (χ2v) is 11.8. The number of allylic oxidation sites excluding steroid dienone is 1. The molecular formula is C24H30OSiZr. The molecule has 0 aromatic heterocycles. The summed E-state index contributed by atoms with van der Waals surface area (Å²) in [6, 6.07) is 7.30. The summed E-state index contributed by atoms with van der Waals surface area (Å²) in [6.45, 7) is 11.1. The van der Waals surface area contributed by atoms with E-state index in [1.807, 2.05) is 70.3 Å². The Bertz CT molecular complexity index is 513. The largest absolute Gasteiger partial charge is 2.00 e. The molecule has 1 aromatic rings. The summed E-state index contributed by atoms with van der Waals surface area (Å²) < 4.78 is 5.20. The van der Waals surface area contributed by atoms with Gasteiger partial charge in [-0.15, -0.1) is 13.0 Å². The van der Waals surface area contributed by atoms with Crippen molar-refractivity contribution in [3.63, 3.8) is 0 Å². The molecule has 140 valence electrons. The van der Waals surface area contributed by atoms with Crippen LogP contribution in [0.25, 0.3) is 5.57 Å². The first-order valence-corrected chi connectivity index (χ1v) is 12.4. The van der Waals surface area contributed by atoms with Gasteiger partial charge in [0, 0.05) is 5.75 Å². The van der Waals surface area contributed by atoms with Crippen molar-refractivity contribution in [1.82, 2.24) is 0 Å². The molecule has 0 unspecified atom stereocenters. The van der Waals surface area contributed by atoms with Crippen LogP contribution in [0.5, 0.6) is 5.75 Å². The number of rotatable bonds is 3. The molecule has 0 aliphatic heterocycles. The minimum atomic E-state index is -1.30. The topological polar surface area (TPSA) is 9.23 Å². The van der Waals surface area contributed by atoms with Crippen LogP contribution in [0.15, 0.2) is 12.1 Å². The smallest absolute Gasteiger partial charge is 0.518 e. The Hall–Kier alpha value is -0.140. The molecule has 0 saturated heterocycles. The van der Waals surface area contributed by atoms with Crippen molar-refractivity contribution in [3.05, 3.63) is 99.2 Å². The maximum Gasteiger partial charge on any atom is 2.00 e. The third-order valence-electron chi connectivity index (χ3n) is 3.40. The molecule has 1 nitrogen and oxygen atoms in total. The first-order valence-electron chi connectivity index (χ1n) is 8.86. The normalized spacial score (nSPS) is 16.4. The quantitative estimate of drug-likeness (QED) is 0.407. The van der Waals surface area contributed by atoms with E-state index in [0.717, 1.165) is 11.3 Å². The Balaban J connectivity index is 0.000000496. The maximum atomic E-state index is 5.20. The van der Waals surface area contributed by atoms with Gasteiger partial charge in [-0.05, 0) is 72.3 Å². The van der Waals surface area contributed by atoms with Gasteiger partial charge in [0.1, 0.15) is 0 Å². The van der Waals surface area contributed by atoms with Gasteiger partial charge in [-0.3, -0.25) is 5.56 Å². The van der Waals surface area contributed by atoms with Crippen molar-refractivity contribution in [1.29, 1.82) is 0 Å². The second-order valence-electron chi connectivity index (χ2n) is 7.01. The molecule has 0 spiro atoms. The van der Waals surface area contributed by atoms with Gasteiger partial charge in [0.25, 0.3) is 0 Å². The van der Waals surface area contributed by atoms with Gasteiger partial charge in [-0.1, -0.05) is 26.6 Å². The summed E-state index contributed by atoms with van der Waals surface area (Å²) in [5.41, 5.74) is 7.14. The summed E-state index contributed by atoms with van der Waals surface area (Å²) in [7, 11) is 0.371. The van der Waals surface area contributed by atoms with Crippen LogP contribution in [0.4, 0.5) is 0 Å². The van der Waals surface area contributed by atoms with E-state index in [0.29, 0.717) is 0 Å². The van der Waals surface area contributed by atoms with Gasteiger partial charge in [0.2, 0.25) is 0 Å². The number of aryl methyl sites for hydroxylation is 1. The number of methoxy groups -OCH3 is 1. The van der Waals surface area contributed by atoms with Crippen LogP contribution in [-0.2, 0) is 26.2 Å². The Morgan fingerprint density at radius 2 is 1.26 bits per heavy atom. The van der Waals surface area contributed by atoms with E-state index in [1.54, 1.807) is 7.11 Å². The summed E-state index contributed by atoms with van der Waals surface area (Å²) >= 11 is 0. The minimum absolute atomic E-state index is 0. The van der Waals surface area contributed by atoms with Crippen LogP contribution in [-0.4, -0.2) is 15.2 Å². The molecule has 0 atom stereocenters. The standard InChI is InChI=1S/C14H20OSi.2C5H5.Zr/c1-11-7-8-13(15-3)9-14(11)12(2)10-16(4,5)6;2*1-2-4-5-3-1;/h7-8H,1-6H3;2*1-5H;/q-2;;;+2. The molecule has 0 amide bonds. The molecule has 0 bridgehead atoms. The summed E-state index contributed by atoms with van der Waals surface area (Å²) in [5.74, 6) is 0.789. The Morgan fingerprint density at radius 3 is 1.59 bits per heavy atom. The third kappa shape index (κ3) is 12.8. The van der Waals surface area contributed by atoms with Gasteiger partial charge in [-0.25, -0.2) is 5.56 Å². The van der Waals surface area contributed by atoms with E-state index >= 15 is 0 Å². The van der Waals surface area contributed by atoms with E-state index < -0.39 is 8.07 Å². The number of hydrogen-bond acceptors (Lipinski definition) is 1. The molecule has 3 heteroatoms. The van der Waals surface area contributed by atoms with Crippen LogP contribution in [0.2, 0.25) is 19.6 Å². The van der Waals surface area contributed by atoms with E-state index in [1.165, 1.54) is 11.1 Å². The monoisotopic (exact) mass is 452 g/mol. The fourth-order valence-electron chi connectivity index (χ4n) is 2.32. The van der Waals surface area contributed by atoms with E-state index in [-0.39, 0.29) is 26.2 Å². The number of benzene rings is 1. The van der Waals surface area contributed by atoms with Gasteiger partial charge in [-0.2, -0.15) is 12.1 Å². The molecular weight excluding hydrogens is 424 g/mol. The van der Waals surface area contributed by atoms with Crippen LogP contribution in [0.3, 0.4) is 0 Å². The average molecular weight is 454 g/mol. The van der Waals surface area contributed by atoms with E-state index in [2.05, 4.69) is 51.3 Å². The van der Waals surface area contributed by atoms with Gasteiger partial charge < -0.3 is 16.0 Å². The third-order valence-corrected chi connectivity index (χ3v) is 4.52. The van der Waals surface area contributed by atoms with Crippen molar-refractivity contribution < 1.29 is 30.9 Å². The predicted octanol–water partition coefficient (Wildman–Crippen LogP) is 5.93. The Morgan fingerprint density at radius 1 is 0.852 bits per heavy atom. The van der Waals surface area contributed by atoms with Crippen molar-refractivity contribution in [2.24, 2.45) is 0 Å². The predicted molar refractivity (Wildman–Crippen MR) is 115 cm³/mol. The van der Waals surface area contributed by atoms with Gasteiger partial charge in [0.15, 0.2) is 0 Å². The fraction of sp³-hybridized carbons (Fsp3) is 0.250. The Kier molecular flexibility index (Phi) is 14.7. The number of ether oxygens (including phenoxy) is 1. The minimum Gasteiger partial charge on any atom is -0.518 e. The molecule has 10 radical (unpaired) electrons. The van der Waals surface area contributed by atoms with Crippen LogP contribution in [0.1, 0.15) is 18.1 Å². The molecule has 0 N–H and O–H groups in total. The van der Waals surface area contributed by atoms with Crippen LogP contribution in [0, 0.1) is 82.9 Å². The van der Waals surface area contributed by atoms with E-state index in [9.17, 15) is 0 Å². The van der Waals surface area contributed by atoms with Gasteiger partial charge in [0.05, 0.1) is 7.11 Å². The zero-order chi connectivity index (χ0) is 19.4. The first kappa shape index (κ1) is 26.9.